The number of fused-ring (bicyclic) bond motifs is 8. The van der Waals surface area contributed by atoms with Crippen LogP contribution in [-0.2, 0) is 5.41 Å². The first-order valence-electron chi connectivity index (χ1n) is 20.1. The van der Waals surface area contributed by atoms with Gasteiger partial charge in [0.05, 0.1) is 5.41 Å². The minimum Gasteiger partial charge on any atom is -0.135 e. The molecule has 0 bridgehead atoms. The van der Waals surface area contributed by atoms with E-state index >= 15 is 0 Å². The molecule has 1 aliphatic rings. The van der Waals surface area contributed by atoms with Crippen LogP contribution in [-0.4, -0.2) is 0 Å². The lowest BCUT2D eigenvalue weighted by Crippen LogP contribution is -2.28. The molecule has 1 heteroatoms. The van der Waals surface area contributed by atoms with Gasteiger partial charge < -0.3 is 0 Å². The van der Waals surface area contributed by atoms with Crippen LogP contribution in [0.2, 0.25) is 0 Å². The summed E-state index contributed by atoms with van der Waals surface area (Å²) in [5.74, 6) is 0. The van der Waals surface area contributed by atoms with Crippen LogP contribution in [0.25, 0.3) is 86.2 Å². The Labute approximate surface area is 342 Å². The molecule has 0 unspecified atom stereocenters. The summed E-state index contributed by atoms with van der Waals surface area (Å²) in [6, 6.07) is 81.4. The summed E-state index contributed by atoms with van der Waals surface area (Å²) in [7, 11) is 0. The molecule has 0 saturated heterocycles. The number of rotatable bonds is 5. The summed E-state index contributed by atoms with van der Waals surface area (Å²) in [6.07, 6.45) is 0. The van der Waals surface area contributed by atoms with Gasteiger partial charge in [-0.2, -0.15) is 0 Å². The lowest BCUT2D eigenvalue weighted by Gasteiger charge is -2.34. The normalized spacial score (nSPS) is 13.0. The molecule has 0 amide bonds. The largest absolute Gasteiger partial charge is 0.135 e. The molecule has 10 aromatic carbocycles. The van der Waals surface area contributed by atoms with E-state index in [1.54, 1.807) is 0 Å². The van der Waals surface area contributed by atoms with Crippen molar-refractivity contribution in [3.63, 3.8) is 0 Å². The van der Waals surface area contributed by atoms with Crippen molar-refractivity contribution in [3.05, 3.63) is 241 Å². The Balaban J connectivity index is 1.14. The van der Waals surface area contributed by atoms with Gasteiger partial charge in [-0.1, -0.05) is 200 Å². The maximum atomic E-state index is 2.49. The molecule has 0 spiro atoms. The highest BCUT2D eigenvalue weighted by Crippen LogP contribution is 2.57. The Morgan fingerprint density at radius 1 is 0.293 bits per heavy atom. The van der Waals surface area contributed by atoms with Crippen LogP contribution in [0.4, 0.5) is 0 Å². The van der Waals surface area contributed by atoms with Crippen LogP contribution < -0.4 is 0 Å². The molecule has 270 valence electrons. The average Bonchev–Trinajstić information content (AvgIpc) is 3.83. The highest BCUT2D eigenvalue weighted by Gasteiger charge is 2.46. The third-order valence-corrected chi connectivity index (χ3v) is 13.8. The number of thiophene rings is 1. The van der Waals surface area contributed by atoms with Crippen LogP contribution >= 0.6 is 11.3 Å². The van der Waals surface area contributed by atoms with Gasteiger partial charge in [0.15, 0.2) is 0 Å². The molecule has 0 saturated carbocycles. The highest BCUT2D eigenvalue weighted by atomic mass is 32.1. The van der Waals surface area contributed by atoms with Crippen LogP contribution in [0, 0.1) is 0 Å². The van der Waals surface area contributed by atoms with Gasteiger partial charge in [-0.3, -0.25) is 0 Å². The maximum Gasteiger partial charge on any atom is 0.0713 e. The third kappa shape index (κ3) is 4.75. The Morgan fingerprint density at radius 3 is 1.36 bits per heavy atom. The molecule has 0 atom stereocenters. The average molecular weight is 753 g/mol. The summed E-state index contributed by atoms with van der Waals surface area (Å²) in [6.45, 7) is 0. The third-order valence-electron chi connectivity index (χ3n) is 12.5. The molecular weight excluding hydrogens is 717 g/mol. The zero-order chi connectivity index (χ0) is 38.2. The number of hydrogen-bond acceptors (Lipinski definition) is 1. The lowest BCUT2D eigenvalue weighted by atomic mass is 9.67. The minimum absolute atomic E-state index is 0.553. The zero-order valence-corrected chi connectivity index (χ0v) is 32.5. The van der Waals surface area contributed by atoms with Crippen molar-refractivity contribution in [2.75, 3.05) is 0 Å². The van der Waals surface area contributed by atoms with Gasteiger partial charge in [-0.25, -0.2) is 0 Å². The molecule has 0 aliphatic heterocycles. The van der Waals surface area contributed by atoms with Crippen molar-refractivity contribution in [2.24, 2.45) is 0 Å². The van der Waals surface area contributed by atoms with E-state index in [0.29, 0.717) is 0 Å². The standard InChI is InChI=1S/C57H36S/c1-2-17-37(18-3-1)54-46-26-4-6-28-48(46)55(49-29-7-5-27-47(49)54)39-20-15-22-41(36-39)57(51-32-11-8-23-43(51)44-24-9-12-33-52(44)57)40-21-14-19-38(35-40)42-30-16-31-50-45-25-10-13-34-53(45)58-56(42)50/h1-36H. The summed E-state index contributed by atoms with van der Waals surface area (Å²) in [5.41, 5.74) is 14.7. The fraction of sp³-hybridized carbons (Fsp3) is 0.0175. The second-order valence-electron chi connectivity index (χ2n) is 15.5. The Bertz CT molecular complexity index is 3300. The van der Waals surface area contributed by atoms with Crippen LogP contribution in [0.1, 0.15) is 22.3 Å². The van der Waals surface area contributed by atoms with Crippen molar-refractivity contribution in [1.29, 1.82) is 0 Å². The van der Waals surface area contributed by atoms with Gasteiger partial charge in [0.1, 0.15) is 0 Å². The van der Waals surface area contributed by atoms with E-state index in [9.17, 15) is 0 Å². The lowest BCUT2D eigenvalue weighted by molar-refractivity contribution is 0.769. The summed E-state index contributed by atoms with van der Waals surface area (Å²) < 4.78 is 2.66. The molecule has 58 heavy (non-hydrogen) atoms. The van der Waals surface area contributed by atoms with E-state index in [1.165, 1.54) is 108 Å². The quantitative estimate of drug-likeness (QED) is 0.154. The second-order valence-corrected chi connectivity index (χ2v) is 16.5. The first-order chi connectivity index (χ1) is 28.8. The first kappa shape index (κ1) is 33.1. The van der Waals surface area contributed by atoms with Crippen molar-refractivity contribution in [3.8, 4) is 44.5 Å². The molecule has 1 aliphatic carbocycles. The van der Waals surface area contributed by atoms with E-state index in [0.717, 1.165) is 0 Å². The predicted octanol–water partition coefficient (Wildman–Crippen LogP) is 15.7. The van der Waals surface area contributed by atoms with Gasteiger partial charge in [0.25, 0.3) is 0 Å². The molecule has 12 rings (SSSR count). The van der Waals surface area contributed by atoms with E-state index in [2.05, 4.69) is 218 Å². The van der Waals surface area contributed by atoms with Crippen molar-refractivity contribution >= 4 is 53.1 Å². The minimum atomic E-state index is -0.553. The van der Waals surface area contributed by atoms with Gasteiger partial charge in [0, 0.05) is 20.2 Å². The van der Waals surface area contributed by atoms with E-state index in [4.69, 9.17) is 0 Å². The summed E-state index contributed by atoms with van der Waals surface area (Å²) in [4.78, 5) is 0. The SMILES string of the molecule is c1ccc(-c2c3ccccc3c(-c3cccc(C4(c5cccc(-c6cccc7c6sc6ccccc67)c5)c5ccccc5-c5ccccc54)c3)c3ccccc23)cc1. The summed E-state index contributed by atoms with van der Waals surface area (Å²) in [5, 5.41) is 7.70. The Morgan fingerprint density at radius 2 is 0.724 bits per heavy atom. The molecule has 0 fully saturated rings. The van der Waals surface area contributed by atoms with E-state index in [1.807, 2.05) is 11.3 Å². The smallest absolute Gasteiger partial charge is 0.0713 e. The van der Waals surface area contributed by atoms with Crippen molar-refractivity contribution in [2.45, 2.75) is 5.41 Å². The predicted molar refractivity (Wildman–Crippen MR) is 248 cm³/mol. The monoisotopic (exact) mass is 752 g/mol. The topological polar surface area (TPSA) is 0 Å². The van der Waals surface area contributed by atoms with E-state index < -0.39 is 5.41 Å². The number of benzene rings is 10. The molecule has 0 N–H and O–H groups in total. The zero-order valence-electron chi connectivity index (χ0n) is 31.7. The number of hydrogen-bond donors (Lipinski definition) is 0. The highest BCUT2D eigenvalue weighted by molar-refractivity contribution is 7.26. The Kier molecular flexibility index (Phi) is 7.42. The first-order valence-corrected chi connectivity index (χ1v) is 20.9. The maximum absolute atomic E-state index is 2.49. The van der Waals surface area contributed by atoms with Crippen molar-refractivity contribution < 1.29 is 0 Å². The second kappa shape index (κ2) is 13.0. The molecule has 0 radical (unpaired) electrons. The van der Waals surface area contributed by atoms with Crippen LogP contribution in [0.15, 0.2) is 218 Å². The van der Waals surface area contributed by atoms with Gasteiger partial charge >= 0.3 is 0 Å². The van der Waals surface area contributed by atoms with Gasteiger partial charge in [0.2, 0.25) is 0 Å². The molecule has 1 aromatic heterocycles. The van der Waals surface area contributed by atoms with Crippen molar-refractivity contribution in [1.82, 2.24) is 0 Å². The van der Waals surface area contributed by atoms with Crippen LogP contribution in [0.5, 0.6) is 0 Å². The molecule has 0 nitrogen and oxygen atoms in total. The molecular formula is C57H36S. The van der Waals surface area contributed by atoms with Crippen LogP contribution in [0.3, 0.4) is 0 Å². The molecule has 1 heterocycles. The Hall–Kier alpha value is -7.06. The molecule has 11 aromatic rings. The fourth-order valence-electron chi connectivity index (χ4n) is 10.2. The van der Waals surface area contributed by atoms with Gasteiger partial charge in [-0.05, 0) is 107 Å². The fourth-order valence-corrected chi connectivity index (χ4v) is 11.4. The van der Waals surface area contributed by atoms with E-state index in [-0.39, 0.29) is 0 Å². The van der Waals surface area contributed by atoms with Gasteiger partial charge in [-0.15, -0.1) is 11.3 Å². The summed E-state index contributed by atoms with van der Waals surface area (Å²) >= 11 is 1.89.